The van der Waals surface area contributed by atoms with E-state index in [9.17, 15) is 5.11 Å². The SMILES string of the molecule is NCCC(N)=Cc1ccccc1O. The van der Waals surface area contributed by atoms with Crippen molar-refractivity contribution >= 4 is 6.08 Å². The zero-order valence-corrected chi connectivity index (χ0v) is 7.40. The molecule has 1 aromatic rings. The first-order valence-corrected chi connectivity index (χ1v) is 4.18. The Bertz CT molecular complexity index is 308. The van der Waals surface area contributed by atoms with Crippen LogP contribution in [0.25, 0.3) is 6.08 Å². The van der Waals surface area contributed by atoms with Gasteiger partial charge in [-0.2, -0.15) is 0 Å². The number of hydrogen-bond donors (Lipinski definition) is 3. The van der Waals surface area contributed by atoms with Crippen LogP contribution in [0.15, 0.2) is 30.0 Å². The number of phenols is 1. The zero-order chi connectivity index (χ0) is 9.68. The lowest BCUT2D eigenvalue weighted by Gasteiger charge is -2.00. The molecule has 0 bridgehead atoms. The summed E-state index contributed by atoms with van der Waals surface area (Å²) in [5.41, 5.74) is 12.4. The summed E-state index contributed by atoms with van der Waals surface area (Å²) >= 11 is 0. The fraction of sp³-hybridized carbons (Fsp3) is 0.200. The van der Waals surface area contributed by atoms with Gasteiger partial charge in [-0.15, -0.1) is 0 Å². The number of rotatable bonds is 3. The number of phenolic OH excluding ortho intramolecular Hbond substituents is 1. The van der Waals surface area contributed by atoms with Gasteiger partial charge in [0.25, 0.3) is 0 Å². The van der Waals surface area contributed by atoms with E-state index in [1.165, 1.54) is 0 Å². The van der Waals surface area contributed by atoms with Crippen molar-refractivity contribution < 1.29 is 5.11 Å². The molecule has 1 aromatic carbocycles. The molecule has 0 radical (unpaired) electrons. The fourth-order valence-corrected chi connectivity index (χ4v) is 1.05. The molecule has 0 spiro atoms. The summed E-state index contributed by atoms with van der Waals surface area (Å²) in [6, 6.07) is 7.05. The molecule has 0 amide bonds. The smallest absolute Gasteiger partial charge is 0.122 e. The topological polar surface area (TPSA) is 72.3 Å². The molecule has 70 valence electrons. The molecular formula is C10H14N2O. The van der Waals surface area contributed by atoms with Crippen LogP contribution in [0.1, 0.15) is 12.0 Å². The maximum Gasteiger partial charge on any atom is 0.122 e. The van der Waals surface area contributed by atoms with Crippen LogP contribution in [0.3, 0.4) is 0 Å². The average molecular weight is 178 g/mol. The predicted molar refractivity (Wildman–Crippen MR) is 53.9 cm³/mol. The van der Waals surface area contributed by atoms with Gasteiger partial charge in [-0.3, -0.25) is 0 Å². The molecule has 13 heavy (non-hydrogen) atoms. The molecule has 0 fully saturated rings. The average Bonchev–Trinajstić information content (AvgIpc) is 2.09. The normalized spacial score (nSPS) is 11.6. The van der Waals surface area contributed by atoms with E-state index in [-0.39, 0.29) is 5.75 Å². The molecule has 0 aliphatic carbocycles. The van der Waals surface area contributed by atoms with Crippen molar-refractivity contribution in [2.24, 2.45) is 11.5 Å². The van der Waals surface area contributed by atoms with Gasteiger partial charge in [0.1, 0.15) is 5.75 Å². The highest BCUT2D eigenvalue weighted by atomic mass is 16.3. The van der Waals surface area contributed by atoms with Crippen molar-refractivity contribution in [1.82, 2.24) is 0 Å². The first-order valence-electron chi connectivity index (χ1n) is 4.18. The van der Waals surface area contributed by atoms with Crippen molar-refractivity contribution in [3.63, 3.8) is 0 Å². The van der Waals surface area contributed by atoms with E-state index in [4.69, 9.17) is 11.5 Å². The van der Waals surface area contributed by atoms with Gasteiger partial charge in [0.15, 0.2) is 0 Å². The van der Waals surface area contributed by atoms with E-state index >= 15 is 0 Å². The highest BCUT2D eigenvalue weighted by molar-refractivity contribution is 5.58. The van der Waals surface area contributed by atoms with Crippen LogP contribution in [0.2, 0.25) is 0 Å². The van der Waals surface area contributed by atoms with Crippen LogP contribution < -0.4 is 11.5 Å². The van der Waals surface area contributed by atoms with Crippen LogP contribution in [0.5, 0.6) is 5.75 Å². The van der Waals surface area contributed by atoms with E-state index in [0.29, 0.717) is 18.7 Å². The molecule has 0 saturated heterocycles. The number of aromatic hydroxyl groups is 1. The van der Waals surface area contributed by atoms with Crippen LogP contribution in [0.4, 0.5) is 0 Å². The van der Waals surface area contributed by atoms with Crippen molar-refractivity contribution in [2.45, 2.75) is 6.42 Å². The summed E-state index contributed by atoms with van der Waals surface area (Å²) < 4.78 is 0. The molecule has 0 aliphatic rings. The molecule has 3 heteroatoms. The van der Waals surface area contributed by atoms with Crippen LogP contribution in [-0.2, 0) is 0 Å². The first-order chi connectivity index (χ1) is 6.24. The lowest BCUT2D eigenvalue weighted by Crippen LogP contribution is -2.05. The van der Waals surface area contributed by atoms with Gasteiger partial charge in [-0.25, -0.2) is 0 Å². The minimum atomic E-state index is 0.238. The molecule has 0 unspecified atom stereocenters. The molecule has 0 heterocycles. The Kier molecular flexibility index (Phi) is 3.34. The maximum absolute atomic E-state index is 9.40. The van der Waals surface area contributed by atoms with Crippen molar-refractivity contribution in [3.8, 4) is 5.75 Å². The van der Waals surface area contributed by atoms with Crippen molar-refractivity contribution in [2.75, 3.05) is 6.54 Å². The van der Waals surface area contributed by atoms with Gasteiger partial charge in [-0.1, -0.05) is 18.2 Å². The van der Waals surface area contributed by atoms with Crippen LogP contribution in [-0.4, -0.2) is 11.7 Å². The molecule has 5 N–H and O–H groups in total. The lowest BCUT2D eigenvalue weighted by molar-refractivity contribution is 0.474. The van der Waals surface area contributed by atoms with E-state index < -0.39 is 0 Å². The summed E-state index contributed by atoms with van der Waals surface area (Å²) in [7, 11) is 0. The summed E-state index contributed by atoms with van der Waals surface area (Å²) in [4.78, 5) is 0. The molecule has 1 rings (SSSR count). The van der Waals surface area contributed by atoms with E-state index in [1.54, 1.807) is 24.3 Å². The Morgan fingerprint density at radius 3 is 2.69 bits per heavy atom. The first kappa shape index (κ1) is 9.61. The van der Waals surface area contributed by atoms with Gasteiger partial charge in [0.05, 0.1) is 0 Å². The zero-order valence-electron chi connectivity index (χ0n) is 7.40. The molecule has 0 aromatic heterocycles. The summed E-state index contributed by atoms with van der Waals surface area (Å²) in [5.74, 6) is 0.238. The third-order valence-corrected chi connectivity index (χ3v) is 1.71. The third-order valence-electron chi connectivity index (χ3n) is 1.71. The highest BCUT2D eigenvalue weighted by Gasteiger charge is 1.96. The monoisotopic (exact) mass is 178 g/mol. The Balaban J connectivity index is 2.84. The third kappa shape index (κ3) is 2.80. The number of benzene rings is 1. The predicted octanol–water partition coefficient (Wildman–Crippen LogP) is 1.04. The fourth-order valence-electron chi connectivity index (χ4n) is 1.05. The standard InChI is InChI=1S/C10H14N2O/c11-6-5-9(12)7-8-3-1-2-4-10(8)13/h1-4,7,13H,5-6,11-12H2. The molecule has 0 atom stereocenters. The second-order valence-corrected chi connectivity index (χ2v) is 2.82. The largest absolute Gasteiger partial charge is 0.507 e. The number of para-hydroxylation sites is 1. The van der Waals surface area contributed by atoms with Crippen LogP contribution in [0, 0.1) is 0 Å². The van der Waals surface area contributed by atoms with Crippen molar-refractivity contribution in [3.05, 3.63) is 35.5 Å². The van der Waals surface area contributed by atoms with Crippen LogP contribution >= 0.6 is 0 Å². The minimum Gasteiger partial charge on any atom is -0.507 e. The Labute approximate surface area is 77.7 Å². The highest BCUT2D eigenvalue weighted by Crippen LogP contribution is 2.18. The Morgan fingerprint density at radius 2 is 2.08 bits per heavy atom. The van der Waals surface area contributed by atoms with Gasteiger partial charge in [-0.05, 0) is 25.1 Å². The number of nitrogens with two attached hydrogens (primary N) is 2. The van der Waals surface area contributed by atoms with Gasteiger partial charge in [0, 0.05) is 11.3 Å². The molecule has 0 saturated carbocycles. The van der Waals surface area contributed by atoms with E-state index in [0.717, 1.165) is 5.56 Å². The van der Waals surface area contributed by atoms with E-state index in [1.807, 2.05) is 6.07 Å². The second kappa shape index (κ2) is 4.52. The molecule has 3 nitrogen and oxygen atoms in total. The minimum absolute atomic E-state index is 0.238. The Hall–Kier alpha value is -1.48. The molecule has 0 aliphatic heterocycles. The van der Waals surface area contributed by atoms with E-state index in [2.05, 4.69) is 0 Å². The number of hydrogen-bond acceptors (Lipinski definition) is 3. The maximum atomic E-state index is 9.40. The Morgan fingerprint density at radius 1 is 1.38 bits per heavy atom. The summed E-state index contributed by atoms with van der Waals surface area (Å²) in [6.07, 6.45) is 2.39. The quantitative estimate of drug-likeness (QED) is 0.647. The molecular weight excluding hydrogens is 164 g/mol. The van der Waals surface area contributed by atoms with Gasteiger partial charge >= 0.3 is 0 Å². The summed E-state index contributed by atoms with van der Waals surface area (Å²) in [6.45, 7) is 0.524. The van der Waals surface area contributed by atoms with Gasteiger partial charge < -0.3 is 16.6 Å². The summed E-state index contributed by atoms with van der Waals surface area (Å²) in [5, 5.41) is 9.40. The second-order valence-electron chi connectivity index (χ2n) is 2.82. The van der Waals surface area contributed by atoms with Gasteiger partial charge in [0.2, 0.25) is 0 Å². The lowest BCUT2D eigenvalue weighted by atomic mass is 10.1. The van der Waals surface area contributed by atoms with Crippen molar-refractivity contribution in [1.29, 1.82) is 0 Å².